The van der Waals surface area contributed by atoms with Gasteiger partial charge in [-0.05, 0) is 19.8 Å². The van der Waals surface area contributed by atoms with Crippen LogP contribution in [0.2, 0.25) is 0 Å². The van der Waals surface area contributed by atoms with Crippen molar-refractivity contribution < 1.29 is 15.0 Å². The Labute approximate surface area is 96.0 Å². The number of aliphatic hydroxyl groups is 2. The summed E-state index contributed by atoms with van der Waals surface area (Å²) in [4.78, 5) is 11.9. The summed E-state index contributed by atoms with van der Waals surface area (Å²) in [5.41, 5.74) is 3.95. The van der Waals surface area contributed by atoms with E-state index in [1.165, 1.54) is 6.92 Å². The van der Waals surface area contributed by atoms with Crippen LogP contribution >= 0.6 is 0 Å². The Morgan fingerprint density at radius 1 is 1.44 bits per heavy atom. The van der Waals surface area contributed by atoms with Gasteiger partial charge >= 0.3 is 0 Å². The minimum absolute atomic E-state index is 0.0291. The Morgan fingerprint density at radius 3 is 2.50 bits per heavy atom. The molecule has 5 N–H and O–H groups in total. The lowest BCUT2D eigenvalue weighted by Crippen LogP contribution is -2.57. The summed E-state index contributed by atoms with van der Waals surface area (Å²) in [6, 6.07) is 0. The maximum atomic E-state index is 11.9. The van der Waals surface area contributed by atoms with Crippen LogP contribution in [0, 0.1) is 0 Å². The number of hydrogen-bond acceptors (Lipinski definition) is 4. The Hall–Kier alpha value is -0.650. The van der Waals surface area contributed by atoms with E-state index >= 15 is 0 Å². The van der Waals surface area contributed by atoms with Gasteiger partial charge in [0.2, 0.25) is 5.91 Å². The zero-order valence-corrected chi connectivity index (χ0v) is 9.83. The van der Waals surface area contributed by atoms with Gasteiger partial charge in [-0.1, -0.05) is 19.3 Å². The lowest BCUT2D eigenvalue weighted by Gasteiger charge is -2.33. The summed E-state index contributed by atoms with van der Waals surface area (Å²) in [6.45, 7) is 1.11. The van der Waals surface area contributed by atoms with E-state index in [-0.39, 0.29) is 19.1 Å². The summed E-state index contributed by atoms with van der Waals surface area (Å²) in [5.74, 6) is -0.221. The molecule has 0 heterocycles. The van der Waals surface area contributed by atoms with E-state index in [4.69, 9.17) is 10.8 Å². The lowest BCUT2D eigenvalue weighted by molar-refractivity contribution is -0.129. The van der Waals surface area contributed by atoms with Crippen molar-refractivity contribution >= 4 is 5.91 Å². The van der Waals surface area contributed by atoms with Crippen LogP contribution in [0.15, 0.2) is 0 Å². The predicted octanol–water partition coefficient (Wildman–Crippen LogP) is -0.493. The summed E-state index contributed by atoms with van der Waals surface area (Å²) in [7, 11) is 0. The van der Waals surface area contributed by atoms with E-state index < -0.39 is 11.1 Å². The van der Waals surface area contributed by atoms with Gasteiger partial charge in [-0.3, -0.25) is 4.79 Å². The third-order valence-corrected chi connectivity index (χ3v) is 3.17. The highest BCUT2D eigenvalue weighted by molar-refractivity contribution is 5.86. The number of aliphatic hydroxyl groups excluding tert-OH is 1. The van der Waals surface area contributed by atoms with E-state index in [0.717, 1.165) is 19.3 Å². The molecule has 1 amide bonds. The smallest absolute Gasteiger partial charge is 0.240 e. The summed E-state index contributed by atoms with van der Waals surface area (Å²) >= 11 is 0. The molecular weight excluding hydrogens is 208 g/mol. The maximum absolute atomic E-state index is 11.9. The largest absolute Gasteiger partial charge is 0.393 e. The third-order valence-electron chi connectivity index (χ3n) is 3.17. The van der Waals surface area contributed by atoms with Gasteiger partial charge in [-0.15, -0.1) is 0 Å². The average molecular weight is 230 g/mol. The monoisotopic (exact) mass is 230 g/mol. The molecule has 0 aliphatic heterocycles. The van der Waals surface area contributed by atoms with Crippen molar-refractivity contribution in [2.24, 2.45) is 5.73 Å². The van der Waals surface area contributed by atoms with Crippen LogP contribution in [-0.2, 0) is 4.79 Å². The molecule has 1 aliphatic carbocycles. The lowest BCUT2D eigenvalue weighted by atomic mass is 9.82. The molecule has 1 unspecified atom stereocenters. The second-order valence-electron chi connectivity index (χ2n) is 5.05. The summed E-state index contributed by atoms with van der Waals surface area (Å²) in [6.07, 6.45) is 4.46. The van der Waals surface area contributed by atoms with Gasteiger partial charge in [-0.2, -0.15) is 0 Å². The molecule has 0 aromatic heterocycles. The van der Waals surface area contributed by atoms with Gasteiger partial charge < -0.3 is 21.3 Å². The topological polar surface area (TPSA) is 95.6 Å². The van der Waals surface area contributed by atoms with Crippen molar-refractivity contribution in [2.75, 3.05) is 13.2 Å². The van der Waals surface area contributed by atoms with Gasteiger partial charge in [0.25, 0.3) is 0 Å². The molecule has 94 valence electrons. The van der Waals surface area contributed by atoms with Crippen molar-refractivity contribution in [2.45, 2.75) is 50.2 Å². The van der Waals surface area contributed by atoms with E-state index in [2.05, 4.69) is 5.32 Å². The van der Waals surface area contributed by atoms with Gasteiger partial charge in [0.15, 0.2) is 0 Å². The molecule has 5 heteroatoms. The molecule has 0 radical (unpaired) electrons. The molecule has 0 aromatic carbocycles. The molecular formula is C11H22N2O3. The Bertz CT molecular complexity index is 248. The van der Waals surface area contributed by atoms with Crippen LogP contribution in [0.5, 0.6) is 0 Å². The normalized spacial score (nSPS) is 23.5. The van der Waals surface area contributed by atoms with Crippen LogP contribution in [-0.4, -0.2) is 40.4 Å². The number of carbonyl (C=O) groups excluding carboxylic acids is 1. The highest BCUT2D eigenvalue weighted by atomic mass is 16.3. The fourth-order valence-corrected chi connectivity index (χ4v) is 1.91. The molecule has 0 saturated heterocycles. The predicted molar refractivity (Wildman–Crippen MR) is 60.7 cm³/mol. The zero-order valence-electron chi connectivity index (χ0n) is 9.83. The fourth-order valence-electron chi connectivity index (χ4n) is 1.91. The number of rotatable bonds is 4. The van der Waals surface area contributed by atoms with Crippen molar-refractivity contribution in [3.63, 3.8) is 0 Å². The van der Waals surface area contributed by atoms with E-state index in [9.17, 15) is 9.90 Å². The summed E-state index contributed by atoms with van der Waals surface area (Å²) in [5, 5.41) is 21.0. The highest BCUT2D eigenvalue weighted by Gasteiger charge is 2.35. The molecule has 0 aromatic rings. The first-order valence-electron chi connectivity index (χ1n) is 5.80. The fraction of sp³-hybridized carbons (Fsp3) is 0.909. The molecule has 1 fully saturated rings. The van der Waals surface area contributed by atoms with Crippen molar-refractivity contribution in [1.29, 1.82) is 0 Å². The first-order valence-corrected chi connectivity index (χ1v) is 5.80. The maximum Gasteiger partial charge on any atom is 0.240 e. The Kier molecular flexibility index (Phi) is 4.29. The number of hydrogen-bond donors (Lipinski definition) is 4. The number of amides is 1. The molecule has 0 bridgehead atoms. The van der Waals surface area contributed by atoms with Crippen LogP contribution in [0.1, 0.15) is 39.0 Å². The van der Waals surface area contributed by atoms with E-state index in [1.54, 1.807) is 0 Å². The average Bonchev–Trinajstić information content (AvgIpc) is 2.27. The molecule has 16 heavy (non-hydrogen) atoms. The van der Waals surface area contributed by atoms with Crippen LogP contribution in [0.3, 0.4) is 0 Å². The number of carbonyl (C=O) groups is 1. The van der Waals surface area contributed by atoms with Crippen molar-refractivity contribution in [3.05, 3.63) is 0 Å². The van der Waals surface area contributed by atoms with E-state index in [1.807, 2.05) is 0 Å². The van der Waals surface area contributed by atoms with Crippen molar-refractivity contribution in [1.82, 2.24) is 5.32 Å². The molecule has 1 saturated carbocycles. The summed E-state index contributed by atoms with van der Waals surface area (Å²) < 4.78 is 0. The minimum atomic E-state index is -1.28. The molecule has 1 rings (SSSR count). The van der Waals surface area contributed by atoms with Gasteiger partial charge in [0, 0.05) is 6.54 Å². The highest BCUT2D eigenvalue weighted by Crippen LogP contribution is 2.25. The third kappa shape index (κ3) is 3.43. The van der Waals surface area contributed by atoms with Crippen LogP contribution in [0.4, 0.5) is 0 Å². The second kappa shape index (κ2) is 5.12. The molecule has 1 aliphatic rings. The standard InChI is InChI=1S/C11H22N2O3/c1-10(16,8-14)7-13-9(15)11(12)5-3-2-4-6-11/h14,16H,2-8,12H2,1H3,(H,13,15). The van der Waals surface area contributed by atoms with Crippen LogP contribution < -0.4 is 11.1 Å². The molecule has 0 spiro atoms. The SMILES string of the molecule is CC(O)(CO)CNC(=O)C1(N)CCCCC1. The van der Waals surface area contributed by atoms with Gasteiger partial charge in [-0.25, -0.2) is 0 Å². The zero-order chi connectivity index (χ0) is 12.2. The quantitative estimate of drug-likeness (QED) is 0.524. The van der Waals surface area contributed by atoms with Crippen molar-refractivity contribution in [3.8, 4) is 0 Å². The number of nitrogens with one attached hydrogen (secondary N) is 1. The minimum Gasteiger partial charge on any atom is -0.393 e. The Morgan fingerprint density at radius 2 is 2.00 bits per heavy atom. The van der Waals surface area contributed by atoms with Gasteiger partial charge in [0.05, 0.1) is 12.1 Å². The molecule has 5 nitrogen and oxygen atoms in total. The van der Waals surface area contributed by atoms with E-state index in [0.29, 0.717) is 12.8 Å². The second-order valence-corrected chi connectivity index (χ2v) is 5.05. The Balaban J connectivity index is 2.45. The first-order chi connectivity index (χ1) is 7.40. The first kappa shape index (κ1) is 13.4. The van der Waals surface area contributed by atoms with Gasteiger partial charge in [0.1, 0.15) is 5.60 Å². The molecule has 1 atom stereocenters. The number of nitrogens with two attached hydrogens (primary N) is 1. The van der Waals surface area contributed by atoms with Crippen LogP contribution in [0.25, 0.3) is 0 Å².